The fourth-order valence-corrected chi connectivity index (χ4v) is 3.46. The number of aliphatic hydroxyl groups excluding tert-OH is 1. The summed E-state index contributed by atoms with van der Waals surface area (Å²) in [7, 11) is -2.55. The van der Waals surface area contributed by atoms with Gasteiger partial charge in [0.2, 0.25) is 0 Å². The number of nitrogens with one attached hydrogen (secondary N) is 2. The molecule has 0 aliphatic carbocycles. The van der Waals surface area contributed by atoms with Crippen molar-refractivity contribution in [2.24, 2.45) is 0 Å². The lowest BCUT2D eigenvalue weighted by molar-refractivity contribution is -0.149. The van der Waals surface area contributed by atoms with E-state index in [1.54, 1.807) is 13.8 Å². The first-order valence-electron chi connectivity index (χ1n) is 8.84. The maximum atomic E-state index is 15.0. The SMILES string of the molecule is CC(C)OC(=O)[C@H](C)N[P+](=O)OCC1O[C@@H](n2ccc(=O)[nH]c2=O)[C@](C)(F)[C@@H]1O. The Kier molecular flexibility index (Phi) is 7.41. The first kappa shape index (κ1) is 23.3. The average molecular weight is 436 g/mol. The van der Waals surface area contributed by atoms with Crippen LogP contribution in [0.5, 0.6) is 0 Å². The fraction of sp³-hybridized carbons (Fsp3) is 0.688. The number of carbonyl (C=O) groups is 1. The number of esters is 1. The summed E-state index contributed by atoms with van der Waals surface area (Å²) in [6.45, 7) is 5.31. The maximum absolute atomic E-state index is 15.0. The third-order valence-corrected chi connectivity index (χ3v) is 5.16. The summed E-state index contributed by atoms with van der Waals surface area (Å²) in [6, 6.07) is 0.0875. The van der Waals surface area contributed by atoms with E-state index in [0.29, 0.717) is 0 Å². The van der Waals surface area contributed by atoms with Gasteiger partial charge in [-0.05, 0) is 32.3 Å². The van der Waals surface area contributed by atoms with Gasteiger partial charge in [0.1, 0.15) is 24.9 Å². The van der Waals surface area contributed by atoms with Gasteiger partial charge in [0.15, 0.2) is 11.9 Å². The Labute approximate surface area is 166 Å². The largest absolute Gasteiger partial charge is 0.613 e. The van der Waals surface area contributed by atoms with Crippen LogP contribution in [0.4, 0.5) is 4.39 Å². The Hall–Kier alpha value is -1.98. The Balaban J connectivity index is 2.00. The molecule has 29 heavy (non-hydrogen) atoms. The molecular weight excluding hydrogens is 412 g/mol. The lowest BCUT2D eigenvalue weighted by Crippen LogP contribution is -2.43. The van der Waals surface area contributed by atoms with Crippen LogP contribution >= 0.6 is 8.18 Å². The van der Waals surface area contributed by atoms with Crippen LogP contribution in [0.2, 0.25) is 0 Å². The van der Waals surface area contributed by atoms with Gasteiger partial charge in [0.05, 0.1) is 6.10 Å². The molecule has 1 saturated heterocycles. The molecule has 1 aliphatic heterocycles. The van der Waals surface area contributed by atoms with Gasteiger partial charge in [-0.15, -0.1) is 4.52 Å². The molecule has 0 radical (unpaired) electrons. The second-order valence-corrected chi connectivity index (χ2v) is 8.06. The molecule has 162 valence electrons. The number of halogens is 1. The van der Waals surface area contributed by atoms with Gasteiger partial charge in [-0.3, -0.25) is 19.1 Å². The first-order chi connectivity index (χ1) is 13.4. The van der Waals surface area contributed by atoms with Gasteiger partial charge >= 0.3 is 19.8 Å². The average Bonchev–Trinajstić information content (AvgIpc) is 2.82. The number of aliphatic hydroxyl groups is 1. The summed E-state index contributed by atoms with van der Waals surface area (Å²) in [5, 5.41) is 12.6. The Morgan fingerprint density at radius 1 is 1.48 bits per heavy atom. The molecule has 1 aromatic rings. The van der Waals surface area contributed by atoms with E-state index in [0.717, 1.165) is 23.8 Å². The van der Waals surface area contributed by atoms with E-state index in [4.69, 9.17) is 14.0 Å². The monoisotopic (exact) mass is 436 g/mol. The topological polar surface area (TPSA) is 149 Å². The van der Waals surface area contributed by atoms with Crippen molar-refractivity contribution < 1.29 is 32.9 Å². The minimum Gasteiger partial charge on any atom is -0.462 e. The van der Waals surface area contributed by atoms with Gasteiger partial charge in [-0.1, -0.05) is 5.09 Å². The number of aromatic nitrogens is 2. The molecule has 0 spiro atoms. The van der Waals surface area contributed by atoms with Crippen molar-refractivity contribution in [3.8, 4) is 0 Å². The van der Waals surface area contributed by atoms with E-state index in [2.05, 4.69) is 5.09 Å². The van der Waals surface area contributed by atoms with Gasteiger partial charge in [0.25, 0.3) is 5.56 Å². The number of alkyl halides is 1. The molecular formula is C16H24FN3O8P+. The molecule has 2 unspecified atom stereocenters. The lowest BCUT2D eigenvalue weighted by atomic mass is 9.98. The molecule has 6 atom stereocenters. The Morgan fingerprint density at radius 2 is 2.14 bits per heavy atom. The van der Waals surface area contributed by atoms with Crippen LogP contribution in [-0.2, 0) is 23.4 Å². The highest BCUT2D eigenvalue weighted by Crippen LogP contribution is 2.41. The molecule has 0 saturated carbocycles. The molecule has 1 aromatic heterocycles. The van der Waals surface area contributed by atoms with Crippen molar-refractivity contribution in [3.05, 3.63) is 33.1 Å². The van der Waals surface area contributed by atoms with E-state index in [-0.39, 0.29) is 6.10 Å². The van der Waals surface area contributed by atoms with Crippen molar-refractivity contribution >= 4 is 14.1 Å². The van der Waals surface area contributed by atoms with E-state index in [1.165, 1.54) is 6.92 Å². The van der Waals surface area contributed by atoms with Gasteiger partial charge in [-0.2, -0.15) is 0 Å². The smallest absolute Gasteiger partial charge is 0.462 e. The molecule has 1 fully saturated rings. The highest BCUT2D eigenvalue weighted by atomic mass is 31.1. The number of H-pyrrole nitrogens is 1. The zero-order valence-electron chi connectivity index (χ0n) is 16.3. The molecule has 0 amide bonds. The highest BCUT2D eigenvalue weighted by Gasteiger charge is 2.56. The Morgan fingerprint density at radius 3 is 2.72 bits per heavy atom. The third kappa shape index (κ3) is 5.55. The summed E-state index contributed by atoms with van der Waals surface area (Å²) in [4.78, 5) is 36.7. The highest BCUT2D eigenvalue weighted by molar-refractivity contribution is 7.36. The van der Waals surface area contributed by atoms with Crippen LogP contribution in [-0.4, -0.2) is 57.3 Å². The number of aromatic amines is 1. The van der Waals surface area contributed by atoms with E-state index < -0.39 is 62.2 Å². The quantitative estimate of drug-likeness (QED) is 0.382. The standard InChI is InChI=1S/C16H23FN3O8P/c1-8(2)27-13(23)9(3)19-29(25)26-7-10-12(22)16(4,17)14(28-10)20-6-5-11(21)18-15(20)24/h5-6,8-10,12,14,22H,7H2,1-4H3,(H-,18,19,21,24,25)/p+1/t9-,10?,12+,14+,16+/m0/s1. The van der Waals surface area contributed by atoms with E-state index >= 15 is 4.39 Å². The van der Waals surface area contributed by atoms with Crippen LogP contribution in [0, 0.1) is 0 Å². The fourth-order valence-electron chi connectivity index (χ4n) is 2.69. The molecule has 0 aromatic carbocycles. The minimum atomic E-state index is -2.55. The van der Waals surface area contributed by atoms with Crippen molar-refractivity contribution in [2.75, 3.05) is 6.61 Å². The lowest BCUT2D eigenvalue weighted by Gasteiger charge is -2.24. The molecule has 11 nitrogen and oxygen atoms in total. The van der Waals surface area contributed by atoms with Gasteiger partial charge in [0, 0.05) is 12.3 Å². The van der Waals surface area contributed by atoms with Crippen LogP contribution in [0.1, 0.15) is 33.9 Å². The molecule has 1 aliphatic rings. The Bertz CT molecular complexity index is 870. The third-order valence-electron chi connectivity index (χ3n) is 4.18. The van der Waals surface area contributed by atoms with Crippen LogP contribution < -0.4 is 16.3 Å². The number of hydrogen-bond acceptors (Lipinski definition) is 8. The van der Waals surface area contributed by atoms with Crippen LogP contribution in [0.3, 0.4) is 0 Å². The van der Waals surface area contributed by atoms with E-state index in [1.807, 2.05) is 4.98 Å². The summed E-state index contributed by atoms with van der Waals surface area (Å²) in [5.41, 5.74) is -3.98. The molecule has 13 heteroatoms. The summed E-state index contributed by atoms with van der Waals surface area (Å²) < 4.78 is 43.2. The van der Waals surface area contributed by atoms with E-state index in [9.17, 15) is 24.1 Å². The van der Waals surface area contributed by atoms with Gasteiger partial charge < -0.3 is 14.6 Å². The summed E-state index contributed by atoms with van der Waals surface area (Å²) in [5.74, 6) is -0.627. The number of rotatable bonds is 8. The normalized spacial score (nSPS) is 28.4. The number of carbonyl (C=O) groups excluding carboxylic acids is 1. The number of ether oxygens (including phenoxy) is 2. The van der Waals surface area contributed by atoms with Crippen LogP contribution in [0.25, 0.3) is 0 Å². The second-order valence-electron chi connectivity index (χ2n) is 7.03. The zero-order chi connectivity index (χ0) is 21.9. The molecule has 3 N–H and O–H groups in total. The minimum absolute atomic E-state index is 0.344. The van der Waals surface area contributed by atoms with Crippen molar-refractivity contribution in [1.29, 1.82) is 0 Å². The van der Waals surface area contributed by atoms with Crippen molar-refractivity contribution in [2.45, 2.75) is 63.9 Å². The van der Waals surface area contributed by atoms with Gasteiger partial charge in [-0.25, -0.2) is 9.18 Å². The predicted octanol–water partition coefficient (Wildman–Crippen LogP) is 0.127. The summed E-state index contributed by atoms with van der Waals surface area (Å²) in [6.07, 6.45) is -3.81. The second kappa shape index (κ2) is 9.23. The van der Waals surface area contributed by atoms with Crippen LogP contribution in [0.15, 0.2) is 21.9 Å². The maximum Gasteiger partial charge on any atom is 0.613 e. The predicted molar refractivity (Wildman–Crippen MR) is 98.1 cm³/mol. The molecule has 0 bridgehead atoms. The number of hydrogen-bond donors (Lipinski definition) is 3. The van der Waals surface area contributed by atoms with Crippen molar-refractivity contribution in [3.63, 3.8) is 0 Å². The summed E-state index contributed by atoms with van der Waals surface area (Å²) >= 11 is 0. The molecule has 2 rings (SSSR count). The first-order valence-corrected chi connectivity index (χ1v) is 10.0. The number of nitrogens with zero attached hydrogens (tertiary/aromatic N) is 1. The van der Waals surface area contributed by atoms with Crippen molar-refractivity contribution in [1.82, 2.24) is 14.6 Å². The zero-order valence-corrected chi connectivity index (χ0v) is 17.2. The molecule has 2 heterocycles.